The van der Waals surface area contributed by atoms with E-state index in [-0.39, 0.29) is 11.3 Å². The molecule has 1 saturated heterocycles. The van der Waals surface area contributed by atoms with Crippen molar-refractivity contribution in [1.29, 1.82) is 0 Å². The zero-order chi connectivity index (χ0) is 25.0. The predicted octanol–water partition coefficient (Wildman–Crippen LogP) is 6.77. The lowest BCUT2D eigenvalue weighted by Crippen LogP contribution is -2.63. The molecule has 0 aromatic heterocycles. The fourth-order valence-electron chi connectivity index (χ4n) is 9.74. The van der Waals surface area contributed by atoms with Gasteiger partial charge in [-0.1, -0.05) is 45.9 Å². The Hall–Kier alpha value is -1.84. The maximum absolute atomic E-state index is 12.6. The van der Waals surface area contributed by atoms with Crippen molar-refractivity contribution in [3.63, 3.8) is 0 Å². The van der Waals surface area contributed by atoms with Crippen molar-refractivity contribution in [2.75, 3.05) is 12.4 Å². The Morgan fingerprint density at radius 3 is 2.54 bits per heavy atom. The van der Waals surface area contributed by atoms with Gasteiger partial charge in [0.2, 0.25) is 11.8 Å². The van der Waals surface area contributed by atoms with Crippen LogP contribution in [0.2, 0.25) is 0 Å². The van der Waals surface area contributed by atoms with E-state index in [1.807, 2.05) is 30.3 Å². The van der Waals surface area contributed by atoms with Gasteiger partial charge in [-0.25, -0.2) is 0 Å². The third-order valence-electron chi connectivity index (χ3n) is 11.6. The van der Waals surface area contributed by atoms with Gasteiger partial charge in [-0.15, -0.1) is 0 Å². The molecule has 1 N–H and O–H groups in total. The maximum Gasteiger partial charge on any atom is 0.224 e. The summed E-state index contributed by atoms with van der Waals surface area (Å²) in [7, 11) is 2.06. The maximum atomic E-state index is 12.6. The monoisotopic (exact) mass is 478 g/mol. The van der Waals surface area contributed by atoms with Crippen LogP contribution in [0.25, 0.3) is 0 Å². The van der Waals surface area contributed by atoms with Crippen molar-refractivity contribution in [2.24, 2.45) is 46.3 Å². The summed E-state index contributed by atoms with van der Waals surface area (Å²) in [4.78, 5) is 27.2. The summed E-state index contributed by atoms with van der Waals surface area (Å²) in [5, 5.41) is 3.07. The molecule has 1 aromatic carbocycles. The third kappa shape index (κ3) is 4.13. The molecule has 4 aliphatic rings. The lowest BCUT2D eigenvalue weighted by atomic mass is 9.44. The number of carbonyl (C=O) groups excluding carboxylic acids is 2. The molecule has 9 atom stereocenters. The number of rotatable bonds is 5. The van der Waals surface area contributed by atoms with Crippen molar-refractivity contribution < 1.29 is 9.59 Å². The summed E-state index contributed by atoms with van der Waals surface area (Å²) >= 11 is 0. The molecule has 4 nitrogen and oxygen atoms in total. The third-order valence-corrected chi connectivity index (χ3v) is 11.6. The minimum atomic E-state index is 0.141. The van der Waals surface area contributed by atoms with Crippen molar-refractivity contribution in [3.8, 4) is 0 Å². The number of likely N-dealkylation sites (tertiary alicyclic amines) is 1. The van der Waals surface area contributed by atoms with Crippen LogP contribution in [0, 0.1) is 46.3 Å². The van der Waals surface area contributed by atoms with Gasteiger partial charge in [0.1, 0.15) is 0 Å². The minimum Gasteiger partial charge on any atom is -0.342 e. The average Bonchev–Trinajstić information content (AvgIpc) is 3.19. The summed E-state index contributed by atoms with van der Waals surface area (Å²) in [5.41, 5.74) is 1.56. The SMILES string of the molecule is CC1C[C@H]2N(C)C(=O)CC[C@]2(C)[C@H]2CC[C@]3(C)[C@@H]([C@H](C)CCC(=O)Nc4ccccc4)CC[C@H]3[C@H]12. The molecular weight excluding hydrogens is 432 g/mol. The van der Waals surface area contributed by atoms with Crippen LogP contribution >= 0.6 is 0 Å². The van der Waals surface area contributed by atoms with Crippen molar-refractivity contribution in [2.45, 2.75) is 91.5 Å². The summed E-state index contributed by atoms with van der Waals surface area (Å²) in [5.74, 6) is 4.79. The van der Waals surface area contributed by atoms with E-state index in [1.54, 1.807) is 0 Å². The molecule has 1 heterocycles. The molecule has 0 spiro atoms. The van der Waals surface area contributed by atoms with Gasteiger partial charge in [0.25, 0.3) is 0 Å². The van der Waals surface area contributed by atoms with E-state index >= 15 is 0 Å². The highest BCUT2D eigenvalue weighted by Gasteiger charge is 2.63. The van der Waals surface area contributed by atoms with Crippen LogP contribution in [-0.4, -0.2) is 29.8 Å². The fourth-order valence-corrected chi connectivity index (χ4v) is 9.74. The number of benzene rings is 1. The van der Waals surface area contributed by atoms with Gasteiger partial charge in [0.05, 0.1) is 0 Å². The lowest BCUT2D eigenvalue weighted by molar-refractivity contribution is -0.167. The normalized spacial score (nSPS) is 41.5. The highest BCUT2D eigenvalue weighted by atomic mass is 16.2. The molecule has 35 heavy (non-hydrogen) atoms. The van der Waals surface area contributed by atoms with E-state index < -0.39 is 0 Å². The van der Waals surface area contributed by atoms with E-state index in [1.165, 1.54) is 32.1 Å². The molecule has 1 aliphatic heterocycles. The molecule has 0 radical (unpaired) electrons. The Balaban J connectivity index is 1.27. The van der Waals surface area contributed by atoms with Gasteiger partial charge in [0.15, 0.2) is 0 Å². The number of anilines is 1. The minimum absolute atomic E-state index is 0.141. The number of carbonyl (C=O) groups is 2. The molecule has 5 rings (SSSR count). The van der Waals surface area contributed by atoms with E-state index in [4.69, 9.17) is 0 Å². The topological polar surface area (TPSA) is 49.4 Å². The smallest absolute Gasteiger partial charge is 0.224 e. The Kier molecular flexibility index (Phi) is 6.55. The van der Waals surface area contributed by atoms with Crippen LogP contribution in [0.3, 0.4) is 0 Å². The van der Waals surface area contributed by atoms with E-state index in [0.717, 1.165) is 42.7 Å². The number of para-hydroxylation sites is 1. The van der Waals surface area contributed by atoms with Crippen LogP contribution in [0.1, 0.15) is 85.5 Å². The lowest BCUT2D eigenvalue weighted by Gasteiger charge is -2.64. The molecular formula is C31H46N2O2. The summed E-state index contributed by atoms with van der Waals surface area (Å²) in [6.07, 6.45) is 9.86. The highest BCUT2D eigenvalue weighted by molar-refractivity contribution is 5.90. The van der Waals surface area contributed by atoms with Crippen molar-refractivity contribution >= 4 is 17.5 Å². The van der Waals surface area contributed by atoms with E-state index in [9.17, 15) is 9.59 Å². The average molecular weight is 479 g/mol. The Morgan fingerprint density at radius 1 is 1.09 bits per heavy atom. The zero-order valence-corrected chi connectivity index (χ0v) is 22.6. The first-order valence-corrected chi connectivity index (χ1v) is 14.3. The number of fused-ring (bicyclic) bond motifs is 5. The largest absolute Gasteiger partial charge is 0.342 e. The first-order valence-electron chi connectivity index (χ1n) is 14.3. The fraction of sp³-hybridized carbons (Fsp3) is 0.742. The van der Waals surface area contributed by atoms with Crippen LogP contribution in [0.15, 0.2) is 30.3 Å². The summed E-state index contributed by atoms with van der Waals surface area (Å²) in [6, 6.07) is 10.2. The Morgan fingerprint density at radius 2 is 1.80 bits per heavy atom. The first-order chi connectivity index (χ1) is 16.6. The van der Waals surface area contributed by atoms with Crippen LogP contribution in [0.4, 0.5) is 5.69 Å². The quantitative estimate of drug-likeness (QED) is 0.508. The molecule has 4 heteroatoms. The second-order valence-electron chi connectivity index (χ2n) is 13.2. The van der Waals surface area contributed by atoms with Gasteiger partial charge in [0, 0.05) is 31.6 Å². The summed E-state index contributed by atoms with van der Waals surface area (Å²) < 4.78 is 0. The number of hydrogen-bond donors (Lipinski definition) is 1. The molecule has 4 fully saturated rings. The molecule has 1 aromatic rings. The Bertz CT molecular complexity index is 947. The second-order valence-corrected chi connectivity index (χ2v) is 13.2. The number of nitrogens with one attached hydrogen (secondary N) is 1. The molecule has 192 valence electrons. The Labute approximate surface area is 212 Å². The molecule has 3 aliphatic carbocycles. The first kappa shape index (κ1) is 24.8. The standard InChI is InChI=1S/C31H46N2O2/c1-20(11-14-27(34)32-22-9-7-6-8-10-22)23-12-13-24-29-21(2)19-26-31(4,18-16-28(35)33(26)5)25(29)15-17-30(23,24)3/h6-10,20-21,23-26,29H,11-19H2,1-5H3,(H,32,34)/t20-,21?,23-,24+,25+,26-,29+,30-,31-/m1/s1. The molecule has 3 saturated carbocycles. The second kappa shape index (κ2) is 9.23. The van der Waals surface area contributed by atoms with Crippen LogP contribution in [-0.2, 0) is 9.59 Å². The molecule has 1 unspecified atom stereocenters. The van der Waals surface area contributed by atoms with Gasteiger partial charge in [-0.05, 0) is 103 Å². The van der Waals surface area contributed by atoms with Gasteiger partial charge < -0.3 is 10.2 Å². The van der Waals surface area contributed by atoms with Crippen molar-refractivity contribution in [1.82, 2.24) is 4.90 Å². The molecule has 0 bridgehead atoms. The van der Waals surface area contributed by atoms with Gasteiger partial charge in [-0.3, -0.25) is 9.59 Å². The number of piperidine rings is 1. The van der Waals surface area contributed by atoms with Crippen LogP contribution in [0.5, 0.6) is 0 Å². The van der Waals surface area contributed by atoms with Crippen LogP contribution < -0.4 is 5.32 Å². The summed E-state index contributed by atoms with van der Waals surface area (Å²) in [6.45, 7) is 10.0. The van der Waals surface area contributed by atoms with Gasteiger partial charge >= 0.3 is 0 Å². The van der Waals surface area contributed by atoms with Crippen molar-refractivity contribution in [3.05, 3.63) is 30.3 Å². The highest BCUT2D eigenvalue weighted by Crippen LogP contribution is 2.68. The predicted molar refractivity (Wildman–Crippen MR) is 142 cm³/mol. The zero-order valence-electron chi connectivity index (χ0n) is 22.6. The van der Waals surface area contributed by atoms with E-state index in [2.05, 4.69) is 45.0 Å². The number of hydrogen-bond acceptors (Lipinski definition) is 2. The molecule has 2 amide bonds. The number of amides is 2. The number of nitrogens with zero attached hydrogens (tertiary/aromatic N) is 1. The van der Waals surface area contributed by atoms with E-state index in [0.29, 0.717) is 41.5 Å². The van der Waals surface area contributed by atoms with Gasteiger partial charge in [-0.2, -0.15) is 0 Å².